The molecule has 31 heavy (non-hydrogen) atoms. The highest BCUT2D eigenvalue weighted by Gasteiger charge is 2.41. The smallest absolute Gasteiger partial charge is 0.328 e. The molecule has 160 valence electrons. The molecule has 11 heteroatoms. The molecule has 1 aromatic heterocycles. The molecule has 4 rings (SSSR count). The number of halogens is 5. The van der Waals surface area contributed by atoms with Gasteiger partial charge in [-0.25, -0.2) is 4.68 Å². The van der Waals surface area contributed by atoms with Crippen molar-refractivity contribution in [2.24, 2.45) is 0 Å². The van der Waals surface area contributed by atoms with Crippen molar-refractivity contribution in [3.8, 4) is 0 Å². The summed E-state index contributed by atoms with van der Waals surface area (Å²) in [5.41, 5.74) is 1.53. The predicted molar refractivity (Wildman–Crippen MR) is 111 cm³/mol. The second kappa shape index (κ2) is 7.90. The van der Waals surface area contributed by atoms with Crippen molar-refractivity contribution in [1.82, 2.24) is 14.8 Å². The SMILES string of the molecule is CC1=C(C(=O)Nc2ccc(Cl)cc2)[C@H](c2ccc(Cl)cc2)n2nc(C(F)(F)F)nc2N1. The Balaban J connectivity index is 1.80. The first kappa shape index (κ1) is 21.2. The number of nitrogens with one attached hydrogen (secondary N) is 2. The zero-order valence-corrected chi connectivity index (χ0v) is 17.3. The van der Waals surface area contributed by atoms with Gasteiger partial charge in [-0.15, -0.1) is 5.10 Å². The van der Waals surface area contributed by atoms with Gasteiger partial charge in [-0.1, -0.05) is 35.3 Å². The second-order valence-electron chi connectivity index (χ2n) is 6.78. The number of benzene rings is 2. The average molecular weight is 468 g/mol. The molecule has 0 saturated carbocycles. The highest BCUT2D eigenvalue weighted by Crippen LogP contribution is 2.38. The maximum absolute atomic E-state index is 13.2. The summed E-state index contributed by atoms with van der Waals surface area (Å²) in [7, 11) is 0. The number of rotatable bonds is 3. The molecule has 2 N–H and O–H groups in total. The van der Waals surface area contributed by atoms with E-state index in [1.807, 2.05) is 0 Å². The molecule has 1 amide bonds. The number of anilines is 2. The molecular formula is C20H14Cl2F3N5O. The molecule has 1 aliphatic heterocycles. The Labute approximate surface area is 184 Å². The Kier molecular flexibility index (Phi) is 5.40. The van der Waals surface area contributed by atoms with Crippen LogP contribution in [-0.4, -0.2) is 20.7 Å². The van der Waals surface area contributed by atoms with Crippen molar-refractivity contribution in [2.45, 2.75) is 19.1 Å². The molecule has 1 atom stereocenters. The lowest BCUT2D eigenvalue weighted by Crippen LogP contribution is -2.31. The number of alkyl halides is 3. The summed E-state index contributed by atoms with van der Waals surface area (Å²) in [6.07, 6.45) is -4.74. The maximum Gasteiger partial charge on any atom is 0.453 e. The van der Waals surface area contributed by atoms with Crippen molar-refractivity contribution in [3.05, 3.63) is 81.2 Å². The quantitative estimate of drug-likeness (QED) is 0.530. The minimum Gasteiger partial charge on any atom is -0.328 e. The fourth-order valence-corrected chi connectivity index (χ4v) is 3.50. The van der Waals surface area contributed by atoms with Gasteiger partial charge in [-0.05, 0) is 48.9 Å². The van der Waals surface area contributed by atoms with E-state index in [9.17, 15) is 18.0 Å². The van der Waals surface area contributed by atoms with Gasteiger partial charge in [0.1, 0.15) is 6.04 Å². The first-order valence-corrected chi connectivity index (χ1v) is 9.73. The third-order valence-electron chi connectivity index (χ3n) is 4.64. The number of nitrogens with zero attached hydrogens (tertiary/aromatic N) is 3. The minimum absolute atomic E-state index is 0.118. The molecule has 2 heterocycles. The molecule has 0 spiro atoms. The lowest BCUT2D eigenvalue weighted by molar-refractivity contribution is -0.145. The fourth-order valence-electron chi connectivity index (χ4n) is 3.25. The number of hydrogen-bond donors (Lipinski definition) is 2. The van der Waals surface area contributed by atoms with Crippen molar-refractivity contribution in [3.63, 3.8) is 0 Å². The maximum atomic E-state index is 13.2. The lowest BCUT2D eigenvalue weighted by Gasteiger charge is -2.28. The van der Waals surface area contributed by atoms with Crippen LogP contribution in [0.4, 0.5) is 24.8 Å². The van der Waals surface area contributed by atoms with Gasteiger partial charge in [0.15, 0.2) is 0 Å². The van der Waals surface area contributed by atoms with E-state index in [1.165, 1.54) is 0 Å². The van der Waals surface area contributed by atoms with E-state index in [0.717, 1.165) is 4.68 Å². The van der Waals surface area contributed by atoms with Gasteiger partial charge in [0.05, 0.1) is 5.57 Å². The normalized spacial score (nSPS) is 16.0. The molecule has 0 unspecified atom stereocenters. The van der Waals surface area contributed by atoms with Crippen molar-refractivity contribution >= 4 is 40.7 Å². The van der Waals surface area contributed by atoms with Gasteiger partial charge in [0.2, 0.25) is 5.95 Å². The summed E-state index contributed by atoms with van der Waals surface area (Å²) in [4.78, 5) is 16.7. The summed E-state index contributed by atoms with van der Waals surface area (Å²) in [5.74, 6) is -1.93. The summed E-state index contributed by atoms with van der Waals surface area (Å²) in [6.45, 7) is 1.59. The second-order valence-corrected chi connectivity index (χ2v) is 7.65. The molecule has 0 aliphatic carbocycles. The van der Waals surface area contributed by atoms with Crippen molar-refractivity contribution in [1.29, 1.82) is 0 Å². The van der Waals surface area contributed by atoms with E-state index in [4.69, 9.17) is 23.2 Å². The number of amides is 1. The van der Waals surface area contributed by atoms with Crippen LogP contribution in [0.15, 0.2) is 59.8 Å². The minimum atomic E-state index is -4.74. The summed E-state index contributed by atoms with van der Waals surface area (Å²) in [5, 5.41) is 10.1. The zero-order chi connectivity index (χ0) is 22.3. The van der Waals surface area contributed by atoms with Crippen LogP contribution in [0.1, 0.15) is 24.4 Å². The Morgan fingerprint density at radius 2 is 1.65 bits per heavy atom. The third-order valence-corrected chi connectivity index (χ3v) is 5.14. The molecular weight excluding hydrogens is 454 g/mol. The van der Waals surface area contributed by atoms with E-state index < -0.39 is 23.9 Å². The van der Waals surface area contributed by atoms with Crippen LogP contribution in [-0.2, 0) is 11.0 Å². The molecule has 0 radical (unpaired) electrons. The van der Waals surface area contributed by atoms with E-state index in [2.05, 4.69) is 20.7 Å². The van der Waals surface area contributed by atoms with Crippen molar-refractivity contribution < 1.29 is 18.0 Å². The Bertz CT molecular complexity index is 1170. The Morgan fingerprint density at radius 3 is 2.23 bits per heavy atom. The van der Waals surface area contributed by atoms with Gasteiger partial charge < -0.3 is 10.6 Å². The zero-order valence-electron chi connectivity index (χ0n) is 15.8. The van der Waals surface area contributed by atoms with Crippen LogP contribution in [0.3, 0.4) is 0 Å². The molecule has 6 nitrogen and oxygen atoms in total. The first-order valence-electron chi connectivity index (χ1n) is 8.97. The van der Waals surface area contributed by atoms with Crippen LogP contribution in [0, 0.1) is 0 Å². The number of carbonyl (C=O) groups excluding carboxylic acids is 1. The Hall–Kier alpha value is -3.04. The van der Waals surface area contributed by atoms with Crippen LogP contribution in [0.25, 0.3) is 0 Å². The largest absolute Gasteiger partial charge is 0.453 e. The van der Waals surface area contributed by atoms with Crippen LogP contribution in [0.2, 0.25) is 10.0 Å². The predicted octanol–water partition coefficient (Wildman–Crippen LogP) is 5.53. The lowest BCUT2D eigenvalue weighted by atomic mass is 9.95. The number of aromatic nitrogens is 3. The number of carbonyl (C=O) groups is 1. The van der Waals surface area contributed by atoms with Crippen LogP contribution >= 0.6 is 23.2 Å². The van der Waals surface area contributed by atoms with Gasteiger partial charge in [-0.2, -0.15) is 18.2 Å². The van der Waals surface area contributed by atoms with Crippen molar-refractivity contribution in [2.75, 3.05) is 10.6 Å². The van der Waals surface area contributed by atoms with E-state index in [1.54, 1.807) is 55.5 Å². The summed E-state index contributed by atoms with van der Waals surface area (Å²) in [6, 6.07) is 11.9. The average Bonchev–Trinajstić information content (AvgIpc) is 3.13. The third kappa shape index (κ3) is 4.24. The molecule has 0 fully saturated rings. The number of fused-ring (bicyclic) bond motifs is 1. The van der Waals surface area contributed by atoms with Gasteiger partial charge in [0.25, 0.3) is 11.7 Å². The topological polar surface area (TPSA) is 71.8 Å². The van der Waals surface area contributed by atoms with Crippen LogP contribution in [0.5, 0.6) is 0 Å². The molecule has 3 aromatic rings. The van der Waals surface area contributed by atoms with E-state index in [-0.39, 0.29) is 11.5 Å². The Morgan fingerprint density at radius 1 is 1.06 bits per heavy atom. The monoisotopic (exact) mass is 467 g/mol. The van der Waals surface area contributed by atoms with Gasteiger partial charge >= 0.3 is 6.18 Å². The summed E-state index contributed by atoms with van der Waals surface area (Å²) >= 11 is 11.8. The molecule has 0 saturated heterocycles. The molecule has 1 aliphatic rings. The number of hydrogen-bond acceptors (Lipinski definition) is 4. The van der Waals surface area contributed by atoms with Gasteiger partial charge in [-0.3, -0.25) is 4.79 Å². The van der Waals surface area contributed by atoms with Gasteiger partial charge in [0, 0.05) is 21.4 Å². The highest BCUT2D eigenvalue weighted by molar-refractivity contribution is 6.30. The highest BCUT2D eigenvalue weighted by atomic mass is 35.5. The van der Waals surface area contributed by atoms with Crippen LogP contribution < -0.4 is 10.6 Å². The van der Waals surface area contributed by atoms with E-state index >= 15 is 0 Å². The summed E-state index contributed by atoms with van der Waals surface area (Å²) < 4.78 is 40.8. The van der Waals surface area contributed by atoms with E-state index in [0.29, 0.717) is 27.0 Å². The molecule has 2 aromatic carbocycles. The first-order chi connectivity index (χ1) is 14.6. The number of allylic oxidation sites excluding steroid dienone is 1. The fraction of sp³-hybridized carbons (Fsp3) is 0.150. The standard InChI is InChI=1S/C20H14Cl2F3N5O/c1-10-15(17(31)27-14-8-6-13(22)7-9-14)16(11-2-4-12(21)5-3-11)30-19(26-10)28-18(29-30)20(23,24)25/h2-9,16H,1H3,(H,27,31)(H,26,28,29)/t16-/m0/s1. The molecule has 0 bridgehead atoms.